The van der Waals surface area contributed by atoms with E-state index in [1.807, 2.05) is 18.9 Å². The quantitative estimate of drug-likeness (QED) is 0.752. The van der Waals surface area contributed by atoms with Crippen molar-refractivity contribution in [3.63, 3.8) is 0 Å². The molecule has 0 radical (unpaired) electrons. The molecule has 3 heterocycles. The number of hydrogen-bond donors (Lipinski definition) is 2. The van der Waals surface area contributed by atoms with Gasteiger partial charge in [0.25, 0.3) is 0 Å². The van der Waals surface area contributed by atoms with Crippen LogP contribution in [0.1, 0.15) is 29.7 Å². The zero-order valence-corrected chi connectivity index (χ0v) is 16.9. The summed E-state index contributed by atoms with van der Waals surface area (Å²) < 4.78 is 23.1. The van der Waals surface area contributed by atoms with E-state index in [1.165, 1.54) is 12.3 Å². The molecule has 158 valence electrons. The van der Waals surface area contributed by atoms with E-state index in [4.69, 9.17) is 4.74 Å². The number of carboxylic acid groups (broad SMARTS) is 1. The highest BCUT2D eigenvalue weighted by atomic mass is 19.1. The molecule has 5 rings (SSSR count). The maximum Gasteiger partial charge on any atom is 0.341 e. The Morgan fingerprint density at radius 1 is 1.37 bits per heavy atom. The van der Waals surface area contributed by atoms with Gasteiger partial charge < -0.3 is 24.6 Å². The number of benzene rings is 1. The van der Waals surface area contributed by atoms with E-state index in [9.17, 15) is 14.7 Å². The SMILES string of the molecule is CNC1C=CCC2CN(c3c(F)cc4c(=O)c(C(=O)O)cn5c4c3OCC5C)CC21. The van der Waals surface area contributed by atoms with Gasteiger partial charge in [-0.15, -0.1) is 0 Å². The number of nitrogens with one attached hydrogen (secondary N) is 1. The minimum Gasteiger partial charge on any atom is -0.487 e. The summed E-state index contributed by atoms with van der Waals surface area (Å²) in [5.41, 5.74) is -0.203. The Morgan fingerprint density at radius 2 is 2.17 bits per heavy atom. The standard InChI is InChI=1S/C22H24FN3O4/c1-11-10-30-21-18-13(20(27)15(22(28)29)9-26(11)18)6-16(23)19(21)25-7-12-4-3-5-17(24-2)14(12)8-25/h3,5-6,9,11-12,14,17,24H,4,7-8,10H2,1-2H3,(H,28,29). The van der Waals surface area contributed by atoms with E-state index in [-0.39, 0.29) is 29.6 Å². The molecular formula is C22H24FN3O4. The first-order valence-electron chi connectivity index (χ1n) is 10.3. The average Bonchev–Trinajstić information content (AvgIpc) is 3.15. The van der Waals surface area contributed by atoms with Crippen LogP contribution in [-0.4, -0.2) is 48.4 Å². The van der Waals surface area contributed by atoms with Gasteiger partial charge in [-0.05, 0) is 32.4 Å². The van der Waals surface area contributed by atoms with Crippen LogP contribution in [0.3, 0.4) is 0 Å². The Labute approximate surface area is 172 Å². The molecule has 2 aromatic rings. The third-order valence-corrected chi connectivity index (χ3v) is 6.76. The number of nitrogens with zero attached hydrogens (tertiary/aromatic N) is 2. The van der Waals surface area contributed by atoms with Gasteiger partial charge in [-0.1, -0.05) is 12.2 Å². The normalized spacial score (nSPS) is 27.2. The van der Waals surface area contributed by atoms with Crippen LogP contribution in [0.15, 0.2) is 29.2 Å². The van der Waals surface area contributed by atoms with Crippen LogP contribution in [0.2, 0.25) is 0 Å². The molecule has 2 N–H and O–H groups in total. The predicted octanol–water partition coefficient (Wildman–Crippen LogP) is 2.39. The number of fused-ring (bicyclic) bond motifs is 1. The Kier molecular flexibility index (Phi) is 4.36. The van der Waals surface area contributed by atoms with Crippen molar-refractivity contribution in [2.45, 2.75) is 25.4 Å². The van der Waals surface area contributed by atoms with Crippen molar-refractivity contribution in [3.05, 3.63) is 46.0 Å². The molecule has 1 aliphatic carbocycles. The van der Waals surface area contributed by atoms with Crippen LogP contribution in [0.5, 0.6) is 5.75 Å². The van der Waals surface area contributed by atoms with Gasteiger partial charge in [-0.3, -0.25) is 4.79 Å². The number of aromatic nitrogens is 1. The number of aromatic carboxylic acids is 1. The number of anilines is 1. The monoisotopic (exact) mass is 413 g/mol. The number of allylic oxidation sites excluding steroid dienone is 1. The van der Waals surface area contributed by atoms with Gasteiger partial charge in [0.15, 0.2) is 11.6 Å². The molecule has 1 fully saturated rings. The lowest BCUT2D eigenvalue weighted by Crippen LogP contribution is -2.38. The largest absolute Gasteiger partial charge is 0.487 e. The summed E-state index contributed by atoms with van der Waals surface area (Å²) in [7, 11) is 1.93. The molecule has 7 nitrogen and oxygen atoms in total. The summed E-state index contributed by atoms with van der Waals surface area (Å²) in [5, 5.41) is 12.8. The number of ether oxygens (including phenoxy) is 1. The number of halogens is 1. The van der Waals surface area contributed by atoms with Crippen molar-refractivity contribution < 1.29 is 19.0 Å². The highest BCUT2D eigenvalue weighted by molar-refractivity contribution is 5.97. The van der Waals surface area contributed by atoms with Crippen molar-refractivity contribution in [1.29, 1.82) is 0 Å². The first kappa shape index (κ1) is 19.1. The van der Waals surface area contributed by atoms with Gasteiger partial charge in [0, 0.05) is 31.2 Å². The zero-order chi connectivity index (χ0) is 21.2. The number of hydrogen-bond acceptors (Lipinski definition) is 5. The molecule has 0 amide bonds. The minimum atomic E-state index is -1.32. The Morgan fingerprint density at radius 3 is 2.90 bits per heavy atom. The maximum absolute atomic E-state index is 15.4. The summed E-state index contributed by atoms with van der Waals surface area (Å²) in [6.45, 7) is 3.56. The number of likely N-dealkylation sites (N-methyl/N-ethyl adjacent to an activating group) is 1. The highest BCUT2D eigenvalue weighted by Crippen LogP contribution is 2.45. The van der Waals surface area contributed by atoms with Crippen LogP contribution >= 0.6 is 0 Å². The second-order valence-electron chi connectivity index (χ2n) is 8.48. The Balaban J connectivity index is 1.69. The molecule has 4 unspecified atom stereocenters. The van der Waals surface area contributed by atoms with E-state index in [2.05, 4.69) is 17.5 Å². The highest BCUT2D eigenvalue weighted by Gasteiger charge is 2.40. The molecule has 0 bridgehead atoms. The van der Waals surface area contributed by atoms with E-state index >= 15 is 4.39 Å². The molecule has 0 saturated carbocycles. The molecule has 30 heavy (non-hydrogen) atoms. The van der Waals surface area contributed by atoms with E-state index < -0.39 is 17.2 Å². The molecule has 1 aromatic carbocycles. The molecule has 4 atom stereocenters. The van der Waals surface area contributed by atoms with E-state index in [0.29, 0.717) is 41.9 Å². The maximum atomic E-state index is 15.4. The lowest BCUT2D eigenvalue weighted by molar-refractivity contribution is 0.0694. The fourth-order valence-electron chi connectivity index (χ4n) is 5.25. The fourth-order valence-corrected chi connectivity index (χ4v) is 5.25. The van der Waals surface area contributed by atoms with Crippen LogP contribution in [0.25, 0.3) is 10.9 Å². The van der Waals surface area contributed by atoms with Crippen molar-refractivity contribution in [2.24, 2.45) is 11.8 Å². The van der Waals surface area contributed by atoms with Crippen LogP contribution in [-0.2, 0) is 0 Å². The molecule has 2 aliphatic heterocycles. The van der Waals surface area contributed by atoms with Gasteiger partial charge >= 0.3 is 5.97 Å². The molecule has 3 aliphatic rings. The van der Waals surface area contributed by atoms with Crippen LogP contribution in [0.4, 0.5) is 10.1 Å². The van der Waals surface area contributed by atoms with Gasteiger partial charge in [0.1, 0.15) is 17.9 Å². The summed E-state index contributed by atoms with van der Waals surface area (Å²) in [5.74, 6) is -0.754. The first-order chi connectivity index (χ1) is 14.4. The molecule has 8 heteroatoms. The third-order valence-electron chi connectivity index (χ3n) is 6.76. The lowest BCUT2D eigenvalue weighted by atomic mass is 9.82. The number of carbonyl (C=O) groups is 1. The summed E-state index contributed by atoms with van der Waals surface area (Å²) in [6.07, 6.45) is 6.66. The smallest absolute Gasteiger partial charge is 0.341 e. The number of rotatable bonds is 3. The second kappa shape index (κ2) is 6.84. The number of carboxylic acids is 1. The molecular weight excluding hydrogens is 389 g/mol. The number of pyridine rings is 1. The molecule has 1 saturated heterocycles. The predicted molar refractivity (Wildman–Crippen MR) is 111 cm³/mol. The van der Waals surface area contributed by atoms with Gasteiger partial charge in [0.2, 0.25) is 5.43 Å². The molecule has 1 aromatic heterocycles. The van der Waals surface area contributed by atoms with Crippen LogP contribution in [0, 0.1) is 17.7 Å². The van der Waals surface area contributed by atoms with Gasteiger partial charge in [-0.25, -0.2) is 9.18 Å². The minimum absolute atomic E-state index is 0.0454. The Hall–Kier alpha value is -2.87. The van der Waals surface area contributed by atoms with Crippen LogP contribution < -0.4 is 20.4 Å². The zero-order valence-electron chi connectivity index (χ0n) is 16.9. The van der Waals surface area contributed by atoms with Crippen molar-refractivity contribution in [1.82, 2.24) is 9.88 Å². The Bertz CT molecular complexity index is 1140. The summed E-state index contributed by atoms with van der Waals surface area (Å²) >= 11 is 0. The van der Waals surface area contributed by atoms with E-state index in [1.54, 1.807) is 4.57 Å². The van der Waals surface area contributed by atoms with Crippen molar-refractivity contribution >= 4 is 22.6 Å². The second-order valence-corrected chi connectivity index (χ2v) is 8.48. The van der Waals surface area contributed by atoms with Gasteiger partial charge in [-0.2, -0.15) is 0 Å². The van der Waals surface area contributed by atoms with Crippen molar-refractivity contribution in [2.75, 3.05) is 31.6 Å². The lowest BCUT2D eigenvalue weighted by Gasteiger charge is -2.31. The first-order valence-corrected chi connectivity index (χ1v) is 10.3. The summed E-state index contributed by atoms with van der Waals surface area (Å²) in [6, 6.07) is 1.25. The third kappa shape index (κ3) is 2.66. The van der Waals surface area contributed by atoms with E-state index in [0.717, 1.165) is 6.42 Å². The fraction of sp³-hybridized carbons (Fsp3) is 0.455. The van der Waals surface area contributed by atoms with Crippen molar-refractivity contribution in [3.8, 4) is 5.75 Å². The summed E-state index contributed by atoms with van der Waals surface area (Å²) in [4.78, 5) is 26.3. The van der Waals surface area contributed by atoms with Gasteiger partial charge in [0.05, 0.1) is 16.9 Å². The average molecular weight is 413 g/mol. The molecule has 0 spiro atoms. The topological polar surface area (TPSA) is 83.8 Å².